The zero-order valence-corrected chi connectivity index (χ0v) is 10.7. The lowest BCUT2D eigenvalue weighted by atomic mass is 10.2. The van der Waals surface area contributed by atoms with E-state index >= 15 is 0 Å². The number of carboxylic acid groups (broad SMARTS) is 1. The molecule has 0 aliphatic rings. The van der Waals surface area contributed by atoms with E-state index in [-0.39, 0.29) is 5.69 Å². The molecule has 1 aromatic heterocycles. The van der Waals surface area contributed by atoms with Crippen LogP contribution in [0.2, 0.25) is 5.02 Å². The van der Waals surface area contributed by atoms with Crippen molar-refractivity contribution in [2.45, 2.75) is 19.9 Å². The number of halogens is 1. The molecule has 2 rings (SSSR count). The fourth-order valence-electron chi connectivity index (χ4n) is 1.74. The number of hydrogen-bond donors (Lipinski definition) is 1. The van der Waals surface area contributed by atoms with Gasteiger partial charge in [-0.25, -0.2) is 4.79 Å². The van der Waals surface area contributed by atoms with Gasteiger partial charge in [0.05, 0.1) is 12.2 Å². The second-order valence-corrected chi connectivity index (χ2v) is 4.40. The number of carbonyl (C=O) groups is 1. The fraction of sp³-hybridized carbons (Fsp3) is 0.231. The van der Waals surface area contributed by atoms with Gasteiger partial charge < -0.3 is 5.11 Å². The molecule has 18 heavy (non-hydrogen) atoms. The minimum atomic E-state index is -0.968. The largest absolute Gasteiger partial charge is 0.477 e. The third-order valence-corrected chi connectivity index (χ3v) is 2.87. The molecule has 0 spiro atoms. The molecule has 0 amide bonds. The molecule has 4 nitrogen and oxygen atoms in total. The van der Waals surface area contributed by atoms with Crippen molar-refractivity contribution in [1.82, 2.24) is 9.78 Å². The average molecular weight is 265 g/mol. The molecule has 0 aliphatic heterocycles. The topological polar surface area (TPSA) is 55.1 Å². The lowest BCUT2D eigenvalue weighted by Crippen LogP contribution is -2.10. The van der Waals surface area contributed by atoms with Crippen molar-refractivity contribution in [3.63, 3.8) is 0 Å². The van der Waals surface area contributed by atoms with E-state index in [1.54, 1.807) is 18.2 Å². The molecule has 0 saturated heterocycles. The van der Waals surface area contributed by atoms with Gasteiger partial charge in [-0.2, -0.15) is 5.10 Å². The summed E-state index contributed by atoms with van der Waals surface area (Å²) >= 11 is 5.90. The molecular weight excluding hydrogens is 252 g/mol. The van der Waals surface area contributed by atoms with Crippen LogP contribution in [0.4, 0.5) is 0 Å². The summed E-state index contributed by atoms with van der Waals surface area (Å²) in [6.07, 6.45) is 0.711. The number of rotatable bonds is 4. The highest BCUT2D eigenvalue weighted by atomic mass is 35.5. The molecule has 5 heteroatoms. The number of benzene rings is 1. The Labute approximate surface area is 110 Å². The second-order valence-electron chi connectivity index (χ2n) is 3.97. The van der Waals surface area contributed by atoms with Crippen molar-refractivity contribution in [3.05, 3.63) is 52.3 Å². The van der Waals surface area contributed by atoms with E-state index in [2.05, 4.69) is 5.10 Å². The molecule has 0 atom stereocenters. The number of nitrogens with zero attached hydrogens (tertiary/aromatic N) is 2. The van der Waals surface area contributed by atoms with Crippen molar-refractivity contribution in [1.29, 1.82) is 0 Å². The molecule has 1 N–H and O–H groups in total. The van der Waals surface area contributed by atoms with Crippen LogP contribution in [0.5, 0.6) is 0 Å². The summed E-state index contributed by atoms with van der Waals surface area (Å²) in [6.45, 7) is 2.35. The summed E-state index contributed by atoms with van der Waals surface area (Å²) < 4.78 is 1.49. The van der Waals surface area contributed by atoms with Gasteiger partial charge in [-0.15, -0.1) is 0 Å². The van der Waals surface area contributed by atoms with E-state index in [1.165, 1.54) is 4.68 Å². The Morgan fingerprint density at radius 2 is 2.22 bits per heavy atom. The van der Waals surface area contributed by atoms with Gasteiger partial charge >= 0.3 is 5.97 Å². The van der Waals surface area contributed by atoms with E-state index < -0.39 is 5.97 Å². The van der Waals surface area contributed by atoms with E-state index in [0.717, 1.165) is 11.3 Å². The Balaban J connectivity index is 2.33. The zero-order valence-electron chi connectivity index (χ0n) is 9.93. The van der Waals surface area contributed by atoms with E-state index in [0.29, 0.717) is 18.0 Å². The minimum Gasteiger partial charge on any atom is -0.477 e. The highest BCUT2D eigenvalue weighted by Crippen LogP contribution is 2.13. The number of aromatic carboxylic acids is 1. The van der Waals surface area contributed by atoms with E-state index in [1.807, 2.05) is 19.1 Å². The van der Waals surface area contributed by atoms with Gasteiger partial charge in [0, 0.05) is 5.02 Å². The van der Waals surface area contributed by atoms with E-state index in [4.69, 9.17) is 16.7 Å². The molecule has 94 valence electrons. The smallest absolute Gasteiger partial charge is 0.354 e. The van der Waals surface area contributed by atoms with Crippen molar-refractivity contribution in [3.8, 4) is 0 Å². The first-order valence-electron chi connectivity index (χ1n) is 5.64. The summed E-state index contributed by atoms with van der Waals surface area (Å²) in [5, 5.41) is 14.0. The van der Waals surface area contributed by atoms with Gasteiger partial charge in [-0.1, -0.05) is 30.7 Å². The maximum atomic E-state index is 11.1. The molecule has 0 bridgehead atoms. The number of aromatic nitrogens is 2. The van der Waals surface area contributed by atoms with Gasteiger partial charge in [0.15, 0.2) is 0 Å². The maximum absolute atomic E-state index is 11.1. The van der Waals surface area contributed by atoms with Crippen molar-refractivity contribution in [2.75, 3.05) is 0 Å². The SMILES string of the molecule is CCc1cc(C(=O)O)n(Cc2cccc(Cl)c2)n1. The van der Waals surface area contributed by atoms with Gasteiger partial charge in [0.25, 0.3) is 0 Å². The normalized spacial score (nSPS) is 10.6. The van der Waals surface area contributed by atoms with Crippen LogP contribution >= 0.6 is 11.6 Å². The standard InChI is InChI=1S/C13H13ClN2O2/c1-2-11-7-12(13(17)18)16(15-11)8-9-4-3-5-10(14)6-9/h3-7H,2,8H2,1H3,(H,17,18). The van der Waals surface area contributed by atoms with Crippen molar-refractivity contribution >= 4 is 17.6 Å². The summed E-state index contributed by atoms with van der Waals surface area (Å²) in [4.78, 5) is 11.1. The van der Waals surface area contributed by atoms with Crippen LogP contribution in [0.15, 0.2) is 30.3 Å². The van der Waals surface area contributed by atoms with Crippen LogP contribution in [0, 0.1) is 0 Å². The third-order valence-electron chi connectivity index (χ3n) is 2.63. The van der Waals surface area contributed by atoms with Crippen molar-refractivity contribution < 1.29 is 9.90 Å². The minimum absolute atomic E-state index is 0.201. The Morgan fingerprint density at radius 1 is 1.44 bits per heavy atom. The Morgan fingerprint density at radius 3 is 2.83 bits per heavy atom. The first kappa shape index (κ1) is 12.6. The lowest BCUT2D eigenvalue weighted by molar-refractivity contribution is 0.0684. The Hall–Kier alpha value is -1.81. The Bertz CT molecular complexity index is 578. The summed E-state index contributed by atoms with van der Waals surface area (Å²) in [7, 11) is 0. The first-order chi connectivity index (χ1) is 8.60. The van der Waals surface area contributed by atoms with Crippen molar-refractivity contribution in [2.24, 2.45) is 0 Å². The number of aryl methyl sites for hydroxylation is 1. The third kappa shape index (κ3) is 2.71. The average Bonchev–Trinajstić information content (AvgIpc) is 2.72. The monoisotopic (exact) mass is 264 g/mol. The maximum Gasteiger partial charge on any atom is 0.354 e. The van der Waals surface area contributed by atoms with Crippen LogP contribution in [0.25, 0.3) is 0 Å². The molecule has 0 unspecified atom stereocenters. The molecule has 0 saturated carbocycles. The molecule has 1 aromatic carbocycles. The van der Waals surface area contributed by atoms with Gasteiger partial charge in [0.2, 0.25) is 0 Å². The molecule has 0 fully saturated rings. The first-order valence-corrected chi connectivity index (χ1v) is 6.02. The van der Waals surface area contributed by atoms with Gasteiger partial charge in [0.1, 0.15) is 5.69 Å². The quantitative estimate of drug-likeness (QED) is 0.924. The summed E-state index contributed by atoms with van der Waals surface area (Å²) in [6, 6.07) is 8.92. The van der Waals surface area contributed by atoms with Gasteiger partial charge in [-0.3, -0.25) is 4.68 Å². The second kappa shape index (κ2) is 5.23. The van der Waals surface area contributed by atoms with Crippen LogP contribution in [0.1, 0.15) is 28.7 Å². The summed E-state index contributed by atoms with van der Waals surface area (Å²) in [5.41, 5.74) is 1.90. The molecule has 2 aromatic rings. The molecule has 0 radical (unpaired) electrons. The van der Waals surface area contributed by atoms with Crippen LogP contribution in [-0.2, 0) is 13.0 Å². The van der Waals surface area contributed by atoms with Crippen LogP contribution in [0.3, 0.4) is 0 Å². The summed E-state index contributed by atoms with van der Waals surface area (Å²) in [5.74, 6) is -0.968. The highest BCUT2D eigenvalue weighted by molar-refractivity contribution is 6.30. The van der Waals surface area contributed by atoms with Crippen LogP contribution < -0.4 is 0 Å². The molecule has 1 heterocycles. The van der Waals surface area contributed by atoms with E-state index in [9.17, 15) is 4.79 Å². The Kier molecular flexibility index (Phi) is 3.67. The predicted molar refractivity (Wildman–Crippen MR) is 69.1 cm³/mol. The van der Waals surface area contributed by atoms with Crippen LogP contribution in [-0.4, -0.2) is 20.9 Å². The van der Waals surface area contributed by atoms with Gasteiger partial charge in [-0.05, 0) is 30.2 Å². The number of hydrogen-bond acceptors (Lipinski definition) is 2. The highest BCUT2D eigenvalue weighted by Gasteiger charge is 2.13. The fourth-order valence-corrected chi connectivity index (χ4v) is 1.96. The molecular formula is C13H13ClN2O2. The lowest BCUT2D eigenvalue weighted by Gasteiger charge is -2.05. The predicted octanol–water partition coefficient (Wildman–Crippen LogP) is 2.85. The molecule has 0 aliphatic carbocycles. The zero-order chi connectivity index (χ0) is 13.1. The number of carboxylic acids is 1.